The smallest absolute Gasteiger partial charge is 0.278 e. The third kappa shape index (κ3) is 1.84. The lowest BCUT2D eigenvalue weighted by Gasteiger charge is -2.33. The molecule has 1 aliphatic rings. The molecule has 0 bridgehead atoms. The lowest BCUT2D eigenvalue weighted by atomic mass is 10.0. The quantitative estimate of drug-likeness (QED) is 0.747. The maximum absolute atomic E-state index is 11.9. The number of ether oxygens (including phenoxy) is 1. The molecule has 0 unspecified atom stereocenters. The van der Waals surface area contributed by atoms with Crippen LogP contribution in [0.3, 0.4) is 0 Å². The summed E-state index contributed by atoms with van der Waals surface area (Å²) < 4.78 is 5.52. The number of anilines is 1. The highest BCUT2D eigenvalue weighted by Crippen LogP contribution is 2.33. The first kappa shape index (κ1) is 11.4. The third-order valence-corrected chi connectivity index (χ3v) is 2.65. The van der Waals surface area contributed by atoms with E-state index in [2.05, 4.69) is 10.6 Å². The number of likely N-dealkylation sites (N-methyl/N-ethyl adjacent to an activating group) is 1. The minimum atomic E-state index is -1.51. The molecule has 1 aromatic carbocycles. The lowest BCUT2D eigenvalue weighted by Crippen LogP contribution is -2.58. The number of amides is 2. The van der Waals surface area contributed by atoms with Crippen LogP contribution in [0.2, 0.25) is 0 Å². The average molecular weight is 234 g/mol. The van der Waals surface area contributed by atoms with E-state index in [0.29, 0.717) is 18.0 Å². The van der Waals surface area contributed by atoms with Gasteiger partial charge < -0.3 is 15.4 Å². The molecule has 0 radical (unpaired) electrons. The number of hydrogen-bond donors (Lipinski definition) is 2. The maximum Gasteiger partial charge on any atom is 0.278 e. The number of hydrogen-bond acceptors (Lipinski definition) is 3. The van der Waals surface area contributed by atoms with Gasteiger partial charge in [0.25, 0.3) is 17.4 Å². The second-order valence-electron chi connectivity index (χ2n) is 3.95. The first-order valence-electron chi connectivity index (χ1n) is 5.45. The van der Waals surface area contributed by atoms with Crippen LogP contribution >= 0.6 is 0 Å². The standard InChI is InChI=1S/C12H14N2O3/c1-3-13-10(15)12(2)11(16)14-8-6-4-5-7-9(8)17-12/h4-7H,3H2,1-2H3,(H,13,15)(H,14,16)/t12-/m0/s1. The molecule has 0 spiro atoms. The van der Waals surface area contributed by atoms with Gasteiger partial charge in [-0.15, -0.1) is 0 Å². The Kier molecular flexibility index (Phi) is 2.75. The Morgan fingerprint density at radius 3 is 2.88 bits per heavy atom. The first-order valence-corrected chi connectivity index (χ1v) is 5.45. The molecular formula is C12H14N2O3. The summed E-state index contributed by atoms with van der Waals surface area (Å²) in [6.45, 7) is 3.70. The summed E-state index contributed by atoms with van der Waals surface area (Å²) in [4.78, 5) is 23.7. The summed E-state index contributed by atoms with van der Waals surface area (Å²) in [5, 5.41) is 5.26. The summed E-state index contributed by atoms with van der Waals surface area (Å²) in [5.41, 5.74) is -0.927. The van der Waals surface area contributed by atoms with Gasteiger partial charge in [0.1, 0.15) is 5.75 Å². The topological polar surface area (TPSA) is 67.4 Å². The van der Waals surface area contributed by atoms with Crippen molar-refractivity contribution in [1.29, 1.82) is 0 Å². The van der Waals surface area contributed by atoms with Gasteiger partial charge in [0, 0.05) is 6.54 Å². The van der Waals surface area contributed by atoms with Crippen LogP contribution in [0, 0.1) is 0 Å². The summed E-state index contributed by atoms with van der Waals surface area (Å²) >= 11 is 0. The fourth-order valence-electron chi connectivity index (χ4n) is 1.65. The van der Waals surface area contributed by atoms with Crippen molar-refractivity contribution in [2.24, 2.45) is 0 Å². The molecule has 1 aromatic rings. The van der Waals surface area contributed by atoms with E-state index in [-0.39, 0.29) is 0 Å². The molecule has 2 N–H and O–H groups in total. The molecule has 1 atom stereocenters. The Morgan fingerprint density at radius 2 is 2.18 bits per heavy atom. The summed E-state index contributed by atoms with van der Waals surface area (Å²) in [6, 6.07) is 7.02. The van der Waals surface area contributed by atoms with Gasteiger partial charge in [-0.1, -0.05) is 12.1 Å². The Labute approximate surface area is 99.2 Å². The number of rotatable bonds is 2. The van der Waals surface area contributed by atoms with Crippen LogP contribution in [-0.4, -0.2) is 24.0 Å². The monoisotopic (exact) mass is 234 g/mol. The zero-order chi connectivity index (χ0) is 12.5. The van der Waals surface area contributed by atoms with Gasteiger partial charge in [0.2, 0.25) is 0 Å². The van der Waals surface area contributed by atoms with Crippen molar-refractivity contribution in [1.82, 2.24) is 5.32 Å². The Bertz CT molecular complexity index is 473. The number of benzene rings is 1. The number of para-hydroxylation sites is 2. The van der Waals surface area contributed by atoms with Crippen molar-refractivity contribution in [3.63, 3.8) is 0 Å². The van der Waals surface area contributed by atoms with Crippen LogP contribution in [0.4, 0.5) is 5.69 Å². The van der Waals surface area contributed by atoms with E-state index in [1.807, 2.05) is 0 Å². The van der Waals surface area contributed by atoms with Crippen LogP contribution in [0.25, 0.3) is 0 Å². The molecular weight excluding hydrogens is 220 g/mol. The summed E-state index contributed by atoms with van der Waals surface area (Å²) in [6.07, 6.45) is 0. The molecule has 1 heterocycles. The molecule has 1 aliphatic heterocycles. The highest BCUT2D eigenvalue weighted by Gasteiger charge is 2.46. The van der Waals surface area contributed by atoms with Crippen molar-refractivity contribution >= 4 is 17.5 Å². The van der Waals surface area contributed by atoms with Crippen molar-refractivity contribution < 1.29 is 14.3 Å². The number of carbonyl (C=O) groups excluding carboxylic acids is 2. The normalized spacial score (nSPS) is 22.1. The van der Waals surface area contributed by atoms with Crippen molar-refractivity contribution in [3.8, 4) is 5.75 Å². The van der Waals surface area contributed by atoms with Crippen LogP contribution in [-0.2, 0) is 9.59 Å². The van der Waals surface area contributed by atoms with E-state index in [4.69, 9.17) is 4.74 Å². The molecule has 17 heavy (non-hydrogen) atoms. The number of nitrogens with one attached hydrogen (secondary N) is 2. The van der Waals surface area contributed by atoms with E-state index >= 15 is 0 Å². The number of fused-ring (bicyclic) bond motifs is 1. The second-order valence-corrected chi connectivity index (χ2v) is 3.95. The zero-order valence-electron chi connectivity index (χ0n) is 9.74. The Balaban J connectivity index is 2.34. The molecule has 0 fully saturated rings. The van der Waals surface area contributed by atoms with Gasteiger partial charge in [-0.25, -0.2) is 0 Å². The van der Waals surface area contributed by atoms with Gasteiger partial charge in [-0.3, -0.25) is 9.59 Å². The minimum absolute atomic E-state index is 0.438. The van der Waals surface area contributed by atoms with E-state index < -0.39 is 17.4 Å². The maximum atomic E-state index is 11.9. The molecule has 90 valence electrons. The lowest BCUT2D eigenvalue weighted by molar-refractivity contribution is -0.146. The SMILES string of the molecule is CCNC(=O)[C@]1(C)Oc2ccccc2NC1=O. The predicted octanol–water partition coefficient (Wildman–Crippen LogP) is 0.912. The predicted molar refractivity (Wildman–Crippen MR) is 62.8 cm³/mol. The molecule has 0 aliphatic carbocycles. The summed E-state index contributed by atoms with van der Waals surface area (Å²) in [5.74, 6) is -0.394. The van der Waals surface area contributed by atoms with Crippen LogP contribution in [0.15, 0.2) is 24.3 Å². The molecule has 2 rings (SSSR count). The molecule has 5 heteroatoms. The molecule has 0 saturated carbocycles. The van der Waals surface area contributed by atoms with Gasteiger partial charge in [0.15, 0.2) is 0 Å². The third-order valence-electron chi connectivity index (χ3n) is 2.65. The highest BCUT2D eigenvalue weighted by molar-refractivity contribution is 6.15. The molecule has 0 aromatic heterocycles. The minimum Gasteiger partial charge on any atom is -0.466 e. The summed E-state index contributed by atoms with van der Waals surface area (Å²) in [7, 11) is 0. The first-order chi connectivity index (χ1) is 8.08. The van der Waals surface area contributed by atoms with E-state index in [1.54, 1.807) is 31.2 Å². The zero-order valence-corrected chi connectivity index (χ0v) is 9.74. The van der Waals surface area contributed by atoms with Gasteiger partial charge >= 0.3 is 0 Å². The Morgan fingerprint density at radius 1 is 1.47 bits per heavy atom. The number of carbonyl (C=O) groups is 2. The van der Waals surface area contributed by atoms with Crippen LogP contribution < -0.4 is 15.4 Å². The molecule has 0 saturated heterocycles. The van der Waals surface area contributed by atoms with Crippen LogP contribution in [0.1, 0.15) is 13.8 Å². The van der Waals surface area contributed by atoms with Crippen molar-refractivity contribution in [2.75, 3.05) is 11.9 Å². The highest BCUT2D eigenvalue weighted by atomic mass is 16.5. The van der Waals surface area contributed by atoms with Gasteiger partial charge in [0.05, 0.1) is 5.69 Å². The van der Waals surface area contributed by atoms with E-state index in [9.17, 15) is 9.59 Å². The van der Waals surface area contributed by atoms with E-state index in [1.165, 1.54) is 6.92 Å². The molecule has 5 nitrogen and oxygen atoms in total. The van der Waals surface area contributed by atoms with Gasteiger partial charge in [-0.05, 0) is 26.0 Å². The van der Waals surface area contributed by atoms with Crippen LogP contribution in [0.5, 0.6) is 5.75 Å². The second kappa shape index (κ2) is 4.08. The largest absolute Gasteiger partial charge is 0.466 e. The van der Waals surface area contributed by atoms with Crippen molar-refractivity contribution in [2.45, 2.75) is 19.4 Å². The average Bonchev–Trinajstić information content (AvgIpc) is 2.31. The Hall–Kier alpha value is -2.04. The van der Waals surface area contributed by atoms with Gasteiger partial charge in [-0.2, -0.15) is 0 Å². The fraction of sp³-hybridized carbons (Fsp3) is 0.333. The van der Waals surface area contributed by atoms with E-state index in [0.717, 1.165) is 0 Å². The van der Waals surface area contributed by atoms with Crippen molar-refractivity contribution in [3.05, 3.63) is 24.3 Å². The fourth-order valence-corrected chi connectivity index (χ4v) is 1.65. The molecule has 2 amide bonds.